The number of rotatable bonds is 8. The summed E-state index contributed by atoms with van der Waals surface area (Å²) in [4.78, 5) is 0. The van der Waals surface area contributed by atoms with Gasteiger partial charge in [-0.25, -0.2) is 0 Å². The van der Waals surface area contributed by atoms with Crippen LogP contribution in [0.3, 0.4) is 0 Å². The van der Waals surface area contributed by atoms with Crippen molar-refractivity contribution in [2.45, 2.75) is 26.1 Å². The second kappa shape index (κ2) is 10.1. The third-order valence-corrected chi connectivity index (χ3v) is 3.89. The number of halogens is 1. The van der Waals surface area contributed by atoms with Gasteiger partial charge in [0.1, 0.15) is 6.79 Å². The van der Waals surface area contributed by atoms with Crippen molar-refractivity contribution in [2.24, 2.45) is 0 Å². The highest BCUT2D eigenvalue weighted by atomic mass is 79.9. The van der Waals surface area contributed by atoms with Crippen molar-refractivity contribution in [2.75, 3.05) is 6.79 Å². The Hall–Kier alpha value is 0.126. The van der Waals surface area contributed by atoms with E-state index >= 15 is 0 Å². The molecular weight excluding hydrogens is 292 g/mol. The van der Waals surface area contributed by atoms with Gasteiger partial charge in [-0.3, -0.25) is 12.9 Å². The van der Waals surface area contributed by atoms with E-state index in [4.69, 9.17) is 9.47 Å². The van der Waals surface area contributed by atoms with Crippen LogP contribution in [0.4, 0.5) is 0 Å². The first kappa shape index (κ1) is 15.2. The molecule has 0 aliphatic carbocycles. The largest absolute Gasteiger partial charge is 0.498 e. The average molecular weight is 309 g/mol. The number of hydrogen-bond donors (Lipinski definition) is 0. The van der Waals surface area contributed by atoms with Gasteiger partial charge in [-0.05, 0) is 12.0 Å². The first-order chi connectivity index (χ1) is 8.36. The Morgan fingerprint density at radius 2 is 2.12 bits per heavy atom. The third-order valence-electron chi connectivity index (χ3n) is 2.32. The molecule has 0 saturated carbocycles. The Balaban J connectivity index is 2.16. The summed E-state index contributed by atoms with van der Waals surface area (Å²) in [6.07, 6.45) is 3.27. The van der Waals surface area contributed by atoms with Gasteiger partial charge in [0.25, 0.3) is 0 Å². The lowest BCUT2D eigenvalue weighted by atomic mass is 10.2. The van der Waals surface area contributed by atoms with Crippen LogP contribution in [-0.2, 0) is 16.1 Å². The molecule has 1 rings (SSSR count). The second-order valence-corrected chi connectivity index (χ2v) is 6.37. The van der Waals surface area contributed by atoms with Gasteiger partial charge in [0, 0.05) is 0 Å². The van der Waals surface area contributed by atoms with Crippen molar-refractivity contribution in [1.29, 1.82) is 0 Å². The summed E-state index contributed by atoms with van der Waals surface area (Å²) in [6.45, 7) is 3.07. The quantitative estimate of drug-likeness (QED) is 0.416. The summed E-state index contributed by atoms with van der Waals surface area (Å²) in [7, 11) is 0. The highest BCUT2D eigenvalue weighted by Crippen LogP contribution is 2.03. The van der Waals surface area contributed by atoms with Gasteiger partial charge in [-0.2, -0.15) is 4.21 Å². The first-order valence-corrected chi connectivity index (χ1v) is 10.5. The molecule has 90 valence electrons. The zero-order valence-electron chi connectivity index (χ0n) is 10.1. The van der Waals surface area contributed by atoms with E-state index in [1.807, 2.05) is 30.3 Å². The topological polar surface area (TPSA) is 18.5 Å². The van der Waals surface area contributed by atoms with Crippen LogP contribution >= 0.6 is 12.9 Å². The first-order valence-electron chi connectivity index (χ1n) is 5.82. The lowest BCUT2D eigenvalue weighted by molar-refractivity contribution is -0.0828. The maximum atomic E-state index is 5.61. The molecule has 0 fully saturated rings. The van der Waals surface area contributed by atoms with Crippen molar-refractivity contribution >= 4 is 31.1 Å². The summed E-state index contributed by atoms with van der Waals surface area (Å²) in [5.74, 6) is 0. The van der Waals surface area contributed by atoms with Crippen LogP contribution in [0.25, 0.3) is 0 Å². The van der Waals surface area contributed by atoms with E-state index in [9.17, 15) is 0 Å². The van der Waals surface area contributed by atoms with Gasteiger partial charge in [-0.1, -0.05) is 43.3 Å². The fourth-order valence-corrected chi connectivity index (χ4v) is 2.44. The Labute approximate surface area is 119 Å². The average Bonchev–Trinajstić information content (AvgIpc) is 2.39. The molecule has 0 heterocycles. The minimum absolute atomic E-state index is 0.177. The SMILES string of the molecule is CCC(C=[CH][Mg][Br])OCOCc1ccccc1. The highest BCUT2D eigenvalue weighted by molar-refractivity contribution is 9.23. The summed E-state index contributed by atoms with van der Waals surface area (Å²) in [6, 6.07) is 10.1. The summed E-state index contributed by atoms with van der Waals surface area (Å²) < 4.78 is 13.3. The molecule has 2 nitrogen and oxygen atoms in total. The van der Waals surface area contributed by atoms with Crippen molar-refractivity contribution in [3.63, 3.8) is 0 Å². The lowest BCUT2D eigenvalue weighted by Gasteiger charge is -2.12. The zero-order chi connectivity index (χ0) is 12.3. The monoisotopic (exact) mass is 308 g/mol. The molecule has 0 aromatic heterocycles. The molecule has 0 radical (unpaired) electrons. The molecular formula is C13H17BrMgO2. The summed E-state index contributed by atoms with van der Waals surface area (Å²) in [5, 5.41) is 0. The van der Waals surface area contributed by atoms with Crippen molar-refractivity contribution in [3.05, 3.63) is 46.2 Å². The fraction of sp³-hybridized carbons (Fsp3) is 0.385. The van der Waals surface area contributed by atoms with Crippen molar-refractivity contribution in [1.82, 2.24) is 0 Å². The Kier molecular flexibility index (Phi) is 9.01. The standard InChI is InChI=1S/C13H17O2.BrH.Mg/c1-3-13(4-2)15-11-14-10-12-8-6-5-7-9-12;;/h1,3,5-9,13H,4,10-11H2,2H3;1H;/q;;+1/p-1. The molecule has 17 heavy (non-hydrogen) atoms. The molecule has 0 N–H and O–H groups in total. The molecule has 0 spiro atoms. The summed E-state index contributed by atoms with van der Waals surface area (Å²) in [5.41, 5.74) is 1.17. The minimum atomic E-state index is -0.197. The highest BCUT2D eigenvalue weighted by Gasteiger charge is 2.01. The third kappa shape index (κ3) is 7.21. The number of ether oxygens (including phenoxy) is 2. The van der Waals surface area contributed by atoms with E-state index in [-0.39, 0.29) is 24.3 Å². The van der Waals surface area contributed by atoms with Crippen LogP contribution in [0.2, 0.25) is 0 Å². The Morgan fingerprint density at radius 3 is 2.76 bits per heavy atom. The van der Waals surface area contributed by atoms with Crippen LogP contribution in [0.1, 0.15) is 18.9 Å². The maximum Gasteiger partial charge on any atom is 0.498 e. The predicted octanol–water partition coefficient (Wildman–Crippen LogP) is 3.48. The van der Waals surface area contributed by atoms with Crippen LogP contribution < -0.4 is 0 Å². The predicted molar refractivity (Wildman–Crippen MR) is 75.1 cm³/mol. The molecule has 0 bridgehead atoms. The van der Waals surface area contributed by atoms with Gasteiger partial charge < -0.3 is 9.47 Å². The lowest BCUT2D eigenvalue weighted by Crippen LogP contribution is -2.11. The Morgan fingerprint density at radius 1 is 1.35 bits per heavy atom. The van der Waals surface area contributed by atoms with Gasteiger partial charge in [0.15, 0.2) is 0 Å². The van der Waals surface area contributed by atoms with Crippen LogP contribution in [0.15, 0.2) is 40.6 Å². The van der Waals surface area contributed by atoms with Crippen LogP contribution in [0.5, 0.6) is 0 Å². The normalized spacial score (nSPS) is 12.6. The second-order valence-electron chi connectivity index (χ2n) is 3.65. The summed E-state index contributed by atoms with van der Waals surface area (Å²) >= 11 is 3.29. The molecule has 1 atom stereocenters. The molecule has 0 saturated heterocycles. The van der Waals surface area contributed by atoms with Gasteiger partial charge in [0.2, 0.25) is 0 Å². The van der Waals surface area contributed by atoms with E-state index in [1.54, 1.807) is 0 Å². The molecule has 1 aromatic rings. The molecule has 0 aliphatic heterocycles. The van der Waals surface area contributed by atoms with Crippen LogP contribution in [-0.4, -0.2) is 31.1 Å². The van der Waals surface area contributed by atoms with E-state index in [0.717, 1.165) is 6.42 Å². The zero-order valence-corrected chi connectivity index (χ0v) is 13.1. The minimum Gasteiger partial charge on any atom is -0.351 e. The van der Waals surface area contributed by atoms with E-state index in [2.05, 4.69) is 30.1 Å². The number of benzene rings is 1. The van der Waals surface area contributed by atoms with E-state index in [0.29, 0.717) is 13.4 Å². The van der Waals surface area contributed by atoms with Crippen LogP contribution in [0, 0.1) is 0 Å². The maximum absolute atomic E-state index is 5.61. The van der Waals surface area contributed by atoms with E-state index < -0.39 is 0 Å². The molecule has 4 heteroatoms. The van der Waals surface area contributed by atoms with Gasteiger partial charge >= 0.3 is 18.2 Å². The van der Waals surface area contributed by atoms with Gasteiger partial charge in [0.05, 0.1) is 12.7 Å². The Bertz CT molecular complexity index is 316. The fourth-order valence-electron chi connectivity index (χ4n) is 1.38. The van der Waals surface area contributed by atoms with Crippen molar-refractivity contribution < 1.29 is 9.47 Å². The van der Waals surface area contributed by atoms with Crippen molar-refractivity contribution in [3.8, 4) is 0 Å². The molecule has 0 amide bonds. The smallest absolute Gasteiger partial charge is 0.351 e. The molecule has 1 aromatic carbocycles. The molecule has 1 unspecified atom stereocenters. The van der Waals surface area contributed by atoms with Gasteiger partial charge in [-0.15, -0.1) is 0 Å². The number of hydrogen-bond acceptors (Lipinski definition) is 2. The van der Waals surface area contributed by atoms with E-state index in [1.165, 1.54) is 5.56 Å². The molecule has 0 aliphatic rings.